The van der Waals surface area contributed by atoms with Gasteiger partial charge in [-0.05, 0) is 0 Å². The Balaban J connectivity index is 0.000000640. The maximum absolute atomic E-state index is 2.20. The van der Waals surface area contributed by atoms with E-state index in [0.29, 0.717) is 5.92 Å². The summed E-state index contributed by atoms with van der Waals surface area (Å²) >= 11 is 0. The smallest absolute Gasteiger partial charge is 0 e. The van der Waals surface area contributed by atoms with Crippen LogP contribution in [0.5, 0.6) is 0 Å². The Bertz CT molecular complexity index is 140. The van der Waals surface area contributed by atoms with Crippen LogP contribution >= 0.6 is 0 Å². The minimum atomic E-state index is 0. The van der Waals surface area contributed by atoms with E-state index in [-0.39, 0.29) is 20.4 Å². The summed E-state index contributed by atoms with van der Waals surface area (Å²) in [5.41, 5.74) is 1.44. The molecule has 1 aromatic carbocycles. The summed E-state index contributed by atoms with van der Waals surface area (Å²) in [6.07, 6.45) is 0. The van der Waals surface area contributed by atoms with Crippen LogP contribution in [0.25, 0.3) is 0 Å². The Morgan fingerprint density at radius 1 is 1.11 bits per heavy atom. The molecule has 0 atom stereocenters. The molecule has 0 heterocycles. The molecule has 1 radical (unpaired) electrons. The molecule has 51 valence electrons. The van der Waals surface area contributed by atoms with Crippen molar-refractivity contribution in [1.29, 1.82) is 0 Å². The van der Waals surface area contributed by atoms with Gasteiger partial charge in [-0.1, -0.05) is 19.8 Å². The predicted molar refractivity (Wildman–Crippen MR) is 36.1 cm³/mol. The summed E-state index contributed by atoms with van der Waals surface area (Å²) in [7, 11) is 0. The van der Waals surface area contributed by atoms with Crippen molar-refractivity contribution in [3.05, 3.63) is 29.8 Å². The monoisotopic (exact) mass is 294 g/mol. The third-order valence-electron chi connectivity index (χ3n) is 1.36. The van der Waals surface area contributed by atoms with Crippen LogP contribution in [0, 0.1) is 0 Å². The van der Waals surface area contributed by atoms with Crippen LogP contribution in [0.3, 0.4) is 0 Å². The third-order valence-corrected chi connectivity index (χ3v) is 1.36. The van der Waals surface area contributed by atoms with E-state index in [9.17, 15) is 0 Å². The second kappa shape index (κ2) is 3.93. The van der Waals surface area contributed by atoms with Crippen LogP contribution in [0.2, 0.25) is 0 Å². The van der Waals surface area contributed by atoms with Crippen molar-refractivity contribution in [1.82, 2.24) is 0 Å². The van der Waals surface area contributed by atoms with E-state index in [1.165, 1.54) is 5.56 Å². The molecule has 0 aromatic heterocycles. The Morgan fingerprint density at radius 2 is 1.56 bits per heavy atom. The maximum Gasteiger partial charge on any atom is 0 e. The summed E-state index contributed by atoms with van der Waals surface area (Å²) in [6.45, 7) is 4.41. The van der Waals surface area contributed by atoms with Gasteiger partial charge in [0.15, 0.2) is 0 Å². The number of rotatable bonds is 1. The molecule has 0 spiro atoms. The van der Waals surface area contributed by atoms with Crippen molar-refractivity contribution in [3.8, 4) is 0 Å². The van der Waals surface area contributed by atoms with Crippen LogP contribution in [-0.2, 0) is 20.4 Å². The van der Waals surface area contributed by atoms with Crippen molar-refractivity contribution in [3.63, 3.8) is 0 Å². The molecule has 0 amide bonds. The van der Waals surface area contributed by atoms with Gasteiger partial charge < -0.3 is 0 Å². The largest absolute Gasteiger partial charge is 0.213 e. The van der Waals surface area contributed by atoms with Crippen LogP contribution < -0.4 is 0 Å². The Morgan fingerprint density at radius 3 is 1.78 bits per heavy atom. The summed E-state index contributed by atoms with van der Waals surface area (Å²) in [6, 6.07) is 8.47. The Labute approximate surface area is 70.3 Å². The van der Waals surface area contributed by atoms with Gasteiger partial charge in [0.2, 0.25) is 0 Å². The van der Waals surface area contributed by atoms with Crippen molar-refractivity contribution >= 4 is 0 Å². The standard InChI is InChI=1S/C8H11.Re/c1-7(2)8-5-3-4-6-8;/h3-7H,1-2H3;/q-1;. The average Bonchev–Trinajstić information content (AvgIpc) is 2.12. The minimum Gasteiger partial charge on any atom is -0.213 e. The van der Waals surface area contributed by atoms with E-state index >= 15 is 0 Å². The molecule has 1 heteroatoms. The fraction of sp³-hybridized carbons (Fsp3) is 0.375. The molecule has 0 unspecified atom stereocenters. The fourth-order valence-corrected chi connectivity index (χ4v) is 0.774. The van der Waals surface area contributed by atoms with Gasteiger partial charge in [0.05, 0.1) is 0 Å². The molecular formula is C8H11Re-. The summed E-state index contributed by atoms with van der Waals surface area (Å²) in [5, 5.41) is 0. The third kappa shape index (κ3) is 2.39. The van der Waals surface area contributed by atoms with Gasteiger partial charge in [0, 0.05) is 20.4 Å². The number of hydrogen-bond acceptors (Lipinski definition) is 0. The first-order valence-corrected chi connectivity index (χ1v) is 3.02. The molecule has 0 N–H and O–H groups in total. The van der Waals surface area contributed by atoms with Gasteiger partial charge in [-0.2, -0.15) is 17.7 Å². The first-order chi connectivity index (χ1) is 3.80. The van der Waals surface area contributed by atoms with Gasteiger partial charge in [0.25, 0.3) is 0 Å². The van der Waals surface area contributed by atoms with Gasteiger partial charge in [-0.15, -0.1) is 0 Å². The van der Waals surface area contributed by atoms with E-state index in [4.69, 9.17) is 0 Å². The van der Waals surface area contributed by atoms with Gasteiger partial charge in [0.1, 0.15) is 0 Å². The SMILES string of the molecule is CC(C)[c-]1cccc1.[Re]. The van der Waals surface area contributed by atoms with E-state index in [2.05, 4.69) is 38.1 Å². The van der Waals surface area contributed by atoms with E-state index in [0.717, 1.165) is 0 Å². The Kier molecular flexibility index (Phi) is 3.94. The maximum atomic E-state index is 2.20. The predicted octanol–water partition coefficient (Wildman–Crippen LogP) is 2.53. The number of hydrogen-bond donors (Lipinski definition) is 0. The van der Waals surface area contributed by atoms with Crippen LogP contribution in [-0.4, -0.2) is 0 Å². The van der Waals surface area contributed by atoms with E-state index < -0.39 is 0 Å². The second-order valence-electron chi connectivity index (χ2n) is 2.37. The van der Waals surface area contributed by atoms with E-state index in [1.54, 1.807) is 0 Å². The fourth-order valence-electron chi connectivity index (χ4n) is 0.774. The first kappa shape index (κ1) is 9.01. The van der Waals surface area contributed by atoms with Crippen molar-refractivity contribution in [2.24, 2.45) is 0 Å². The molecule has 0 aliphatic rings. The van der Waals surface area contributed by atoms with Crippen molar-refractivity contribution in [2.45, 2.75) is 19.8 Å². The molecular weight excluding hydrogens is 282 g/mol. The average molecular weight is 293 g/mol. The normalized spacial score (nSPS) is 9.22. The van der Waals surface area contributed by atoms with Crippen LogP contribution in [0.4, 0.5) is 0 Å². The second-order valence-corrected chi connectivity index (χ2v) is 2.37. The Hall–Kier alpha value is 0.0123. The van der Waals surface area contributed by atoms with Crippen LogP contribution in [0.15, 0.2) is 24.3 Å². The van der Waals surface area contributed by atoms with Gasteiger partial charge >= 0.3 is 0 Å². The molecule has 9 heavy (non-hydrogen) atoms. The van der Waals surface area contributed by atoms with Crippen molar-refractivity contribution < 1.29 is 20.4 Å². The summed E-state index contributed by atoms with van der Waals surface area (Å²) < 4.78 is 0. The molecule has 0 saturated heterocycles. The van der Waals surface area contributed by atoms with Gasteiger partial charge in [-0.3, -0.25) is 0 Å². The molecule has 0 aliphatic heterocycles. The molecule has 1 rings (SSSR count). The summed E-state index contributed by atoms with van der Waals surface area (Å²) in [5.74, 6) is 0.685. The van der Waals surface area contributed by atoms with E-state index in [1.807, 2.05) is 0 Å². The van der Waals surface area contributed by atoms with Crippen LogP contribution in [0.1, 0.15) is 25.3 Å². The zero-order chi connectivity index (χ0) is 5.98. The summed E-state index contributed by atoms with van der Waals surface area (Å²) in [4.78, 5) is 0. The van der Waals surface area contributed by atoms with Gasteiger partial charge in [-0.25, -0.2) is 12.1 Å². The molecule has 0 nitrogen and oxygen atoms in total. The first-order valence-electron chi connectivity index (χ1n) is 3.02. The molecule has 1 aromatic rings. The minimum absolute atomic E-state index is 0. The van der Waals surface area contributed by atoms with Crippen molar-refractivity contribution in [2.75, 3.05) is 0 Å². The zero-order valence-electron chi connectivity index (χ0n) is 5.76. The topological polar surface area (TPSA) is 0 Å². The molecule has 0 bridgehead atoms. The molecule has 0 aliphatic carbocycles. The quantitative estimate of drug-likeness (QED) is 0.698. The zero-order valence-corrected chi connectivity index (χ0v) is 8.48. The molecule has 0 fully saturated rings. The molecule has 0 saturated carbocycles.